The molecule has 100 valence electrons. The molecule has 2 aromatic rings. The van der Waals surface area contributed by atoms with Crippen LogP contribution in [0.3, 0.4) is 0 Å². The lowest BCUT2D eigenvalue weighted by Crippen LogP contribution is -2.03. The Morgan fingerprint density at radius 1 is 0.842 bits per heavy atom. The lowest BCUT2D eigenvalue weighted by Gasteiger charge is -2.16. The van der Waals surface area contributed by atoms with Crippen LogP contribution in [0, 0.1) is 20.8 Å². The molecule has 0 bridgehead atoms. The summed E-state index contributed by atoms with van der Waals surface area (Å²) >= 11 is 7.03. The molecule has 0 aliphatic rings. The van der Waals surface area contributed by atoms with Crippen LogP contribution in [0.1, 0.15) is 33.9 Å². The lowest BCUT2D eigenvalue weighted by molar-refractivity contribution is 0.219. The molecule has 1 unspecified atom stereocenters. The van der Waals surface area contributed by atoms with Crippen molar-refractivity contribution in [1.82, 2.24) is 0 Å². The van der Waals surface area contributed by atoms with Gasteiger partial charge in [0.05, 0.1) is 0 Å². The second kappa shape index (κ2) is 5.78. The first-order chi connectivity index (χ1) is 8.90. The first kappa shape index (κ1) is 14.8. The zero-order valence-corrected chi connectivity index (χ0v) is 14.3. The summed E-state index contributed by atoms with van der Waals surface area (Å²) in [6, 6.07) is 10.1. The number of halogens is 2. The van der Waals surface area contributed by atoms with Crippen LogP contribution in [0.4, 0.5) is 0 Å². The van der Waals surface area contributed by atoms with Crippen LogP contribution in [0.2, 0.25) is 0 Å². The summed E-state index contributed by atoms with van der Waals surface area (Å²) in [4.78, 5) is 0. The van der Waals surface area contributed by atoms with Crippen molar-refractivity contribution in [2.75, 3.05) is 0 Å². The fraction of sp³-hybridized carbons (Fsp3) is 0.250. The number of aliphatic hydroxyl groups excluding tert-OH is 1. The SMILES string of the molecule is Cc1ccc(C(O)c2cc(C)c(Br)cc2C)cc1Br. The second-order valence-corrected chi connectivity index (χ2v) is 6.58. The molecule has 1 atom stereocenters. The lowest BCUT2D eigenvalue weighted by atomic mass is 9.95. The molecule has 0 radical (unpaired) electrons. The molecule has 3 heteroatoms. The van der Waals surface area contributed by atoms with Crippen LogP contribution in [-0.4, -0.2) is 5.11 Å². The second-order valence-electron chi connectivity index (χ2n) is 4.87. The van der Waals surface area contributed by atoms with Crippen molar-refractivity contribution in [3.05, 3.63) is 67.1 Å². The highest BCUT2D eigenvalue weighted by atomic mass is 79.9. The van der Waals surface area contributed by atoms with Crippen molar-refractivity contribution in [2.45, 2.75) is 26.9 Å². The molecule has 0 saturated carbocycles. The normalized spacial score (nSPS) is 12.5. The Morgan fingerprint density at radius 3 is 2.11 bits per heavy atom. The van der Waals surface area contributed by atoms with Crippen LogP contribution in [0.25, 0.3) is 0 Å². The van der Waals surface area contributed by atoms with Gasteiger partial charge in [0.25, 0.3) is 0 Å². The standard InChI is InChI=1S/C16H16Br2O/c1-9-4-5-12(8-15(9)18)16(19)13-6-11(3)14(17)7-10(13)2/h4-8,16,19H,1-3H3. The van der Waals surface area contributed by atoms with E-state index in [1.165, 1.54) is 5.56 Å². The van der Waals surface area contributed by atoms with Crippen LogP contribution < -0.4 is 0 Å². The van der Waals surface area contributed by atoms with Gasteiger partial charge in [0.2, 0.25) is 0 Å². The quantitative estimate of drug-likeness (QED) is 0.753. The van der Waals surface area contributed by atoms with E-state index in [0.29, 0.717) is 0 Å². The molecule has 0 aliphatic heterocycles. The van der Waals surface area contributed by atoms with Crippen molar-refractivity contribution in [2.24, 2.45) is 0 Å². The van der Waals surface area contributed by atoms with Gasteiger partial charge in [0.1, 0.15) is 6.10 Å². The fourth-order valence-electron chi connectivity index (χ4n) is 2.06. The minimum Gasteiger partial charge on any atom is -0.384 e. The van der Waals surface area contributed by atoms with Crippen LogP contribution in [-0.2, 0) is 0 Å². The van der Waals surface area contributed by atoms with Crippen LogP contribution in [0.5, 0.6) is 0 Å². The van der Waals surface area contributed by atoms with Gasteiger partial charge < -0.3 is 5.11 Å². The number of aryl methyl sites for hydroxylation is 3. The molecule has 0 amide bonds. The minimum atomic E-state index is -0.594. The summed E-state index contributed by atoms with van der Waals surface area (Å²) in [7, 11) is 0. The fourth-order valence-corrected chi connectivity index (χ4v) is 2.91. The van der Waals surface area contributed by atoms with E-state index in [-0.39, 0.29) is 0 Å². The van der Waals surface area contributed by atoms with Gasteiger partial charge in [-0.1, -0.05) is 50.1 Å². The average molecular weight is 384 g/mol. The number of hydrogen-bond donors (Lipinski definition) is 1. The molecule has 1 nitrogen and oxygen atoms in total. The van der Waals surface area contributed by atoms with Gasteiger partial charge in [0.15, 0.2) is 0 Å². The van der Waals surface area contributed by atoms with Crippen molar-refractivity contribution < 1.29 is 5.11 Å². The molecule has 2 rings (SSSR count). The van der Waals surface area contributed by atoms with E-state index in [1.807, 2.05) is 45.0 Å². The van der Waals surface area contributed by atoms with Crippen LogP contribution >= 0.6 is 31.9 Å². The number of benzene rings is 2. The number of rotatable bonds is 2. The molecular formula is C16H16Br2O. The third kappa shape index (κ3) is 3.10. The molecule has 0 heterocycles. The highest BCUT2D eigenvalue weighted by Gasteiger charge is 2.15. The third-order valence-corrected chi connectivity index (χ3v) is 5.06. The highest BCUT2D eigenvalue weighted by Crippen LogP contribution is 2.31. The Hall–Kier alpha value is -0.640. The predicted molar refractivity (Wildman–Crippen MR) is 86.6 cm³/mol. The van der Waals surface area contributed by atoms with Gasteiger partial charge in [-0.15, -0.1) is 0 Å². The van der Waals surface area contributed by atoms with Crippen LogP contribution in [0.15, 0.2) is 39.3 Å². The van der Waals surface area contributed by atoms with E-state index in [2.05, 4.69) is 37.9 Å². The van der Waals surface area contributed by atoms with E-state index < -0.39 is 6.10 Å². The number of aliphatic hydroxyl groups is 1. The molecule has 0 aliphatic carbocycles. The largest absolute Gasteiger partial charge is 0.384 e. The molecule has 19 heavy (non-hydrogen) atoms. The molecule has 2 aromatic carbocycles. The summed E-state index contributed by atoms with van der Waals surface area (Å²) < 4.78 is 2.10. The van der Waals surface area contributed by atoms with E-state index >= 15 is 0 Å². The molecule has 0 fully saturated rings. The van der Waals surface area contributed by atoms with Gasteiger partial charge in [-0.2, -0.15) is 0 Å². The summed E-state index contributed by atoms with van der Waals surface area (Å²) in [5.41, 5.74) is 5.24. The molecule has 0 saturated heterocycles. The van der Waals surface area contributed by atoms with E-state index in [9.17, 15) is 5.11 Å². The average Bonchev–Trinajstić information content (AvgIpc) is 2.36. The first-order valence-electron chi connectivity index (χ1n) is 6.11. The summed E-state index contributed by atoms with van der Waals surface area (Å²) in [6.45, 7) is 6.09. The van der Waals surface area contributed by atoms with Gasteiger partial charge in [-0.3, -0.25) is 0 Å². The van der Waals surface area contributed by atoms with Crippen molar-refractivity contribution in [3.63, 3.8) is 0 Å². The number of hydrogen-bond acceptors (Lipinski definition) is 1. The minimum absolute atomic E-state index is 0.594. The maximum Gasteiger partial charge on any atom is 0.104 e. The predicted octanol–water partition coefficient (Wildman–Crippen LogP) is 5.22. The molecule has 0 aromatic heterocycles. The maximum absolute atomic E-state index is 10.6. The summed E-state index contributed by atoms with van der Waals surface area (Å²) in [5.74, 6) is 0. The molecular weight excluding hydrogens is 368 g/mol. The Labute approximate surface area is 130 Å². The van der Waals surface area contributed by atoms with Gasteiger partial charge >= 0.3 is 0 Å². The summed E-state index contributed by atoms with van der Waals surface area (Å²) in [5, 5.41) is 10.6. The molecule has 1 N–H and O–H groups in total. The summed E-state index contributed by atoms with van der Waals surface area (Å²) in [6.07, 6.45) is -0.594. The van der Waals surface area contributed by atoms with Gasteiger partial charge in [0, 0.05) is 8.95 Å². The van der Waals surface area contributed by atoms with E-state index in [1.54, 1.807) is 0 Å². The smallest absolute Gasteiger partial charge is 0.104 e. The van der Waals surface area contributed by atoms with E-state index in [0.717, 1.165) is 31.2 Å². The Morgan fingerprint density at radius 2 is 1.47 bits per heavy atom. The van der Waals surface area contributed by atoms with Gasteiger partial charge in [-0.25, -0.2) is 0 Å². The third-order valence-electron chi connectivity index (χ3n) is 3.35. The Bertz CT molecular complexity index is 620. The monoisotopic (exact) mass is 382 g/mol. The highest BCUT2D eigenvalue weighted by molar-refractivity contribution is 9.10. The first-order valence-corrected chi connectivity index (χ1v) is 7.69. The zero-order valence-electron chi connectivity index (χ0n) is 11.2. The van der Waals surface area contributed by atoms with Gasteiger partial charge in [-0.05, 0) is 60.7 Å². The Balaban J connectivity index is 2.46. The maximum atomic E-state index is 10.6. The van der Waals surface area contributed by atoms with E-state index in [4.69, 9.17) is 0 Å². The topological polar surface area (TPSA) is 20.2 Å². The van der Waals surface area contributed by atoms with Crippen molar-refractivity contribution in [1.29, 1.82) is 0 Å². The zero-order chi connectivity index (χ0) is 14.2. The van der Waals surface area contributed by atoms with Crippen molar-refractivity contribution >= 4 is 31.9 Å². The molecule has 0 spiro atoms. The Kier molecular flexibility index (Phi) is 4.49. The van der Waals surface area contributed by atoms with Crippen molar-refractivity contribution in [3.8, 4) is 0 Å².